The molecule has 1 heterocycles. The molecule has 2 rings (SSSR count). The van der Waals surface area contributed by atoms with Gasteiger partial charge in [-0.3, -0.25) is 0 Å². The van der Waals surface area contributed by atoms with Gasteiger partial charge in [-0.2, -0.15) is 5.26 Å². The van der Waals surface area contributed by atoms with Crippen molar-refractivity contribution in [2.75, 3.05) is 0 Å². The number of halogens is 1. The Morgan fingerprint density at radius 3 is 3.00 bits per heavy atom. The van der Waals surface area contributed by atoms with Crippen molar-refractivity contribution in [3.8, 4) is 11.8 Å². The van der Waals surface area contributed by atoms with Crippen molar-refractivity contribution in [2.45, 2.75) is 13.5 Å². The fourth-order valence-corrected chi connectivity index (χ4v) is 1.37. The highest BCUT2D eigenvalue weighted by Crippen LogP contribution is 2.21. The van der Waals surface area contributed by atoms with E-state index in [0.29, 0.717) is 11.5 Å². The van der Waals surface area contributed by atoms with Crippen LogP contribution in [0.3, 0.4) is 0 Å². The summed E-state index contributed by atoms with van der Waals surface area (Å²) in [4.78, 5) is 0. The maximum atomic E-state index is 13.2. The molecular formula is C12H9FN2O2. The van der Waals surface area contributed by atoms with Gasteiger partial charge in [0.25, 0.3) is 0 Å². The summed E-state index contributed by atoms with van der Waals surface area (Å²) in [5.74, 6) is 0.276. The summed E-state index contributed by atoms with van der Waals surface area (Å²) in [5, 5.41) is 12.5. The van der Waals surface area contributed by atoms with Gasteiger partial charge in [0, 0.05) is 6.07 Å². The molecular weight excluding hydrogens is 223 g/mol. The molecule has 4 nitrogen and oxygen atoms in total. The second kappa shape index (κ2) is 4.66. The van der Waals surface area contributed by atoms with Crippen molar-refractivity contribution in [1.82, 2.24) is 5.16 Å². The Bertz CT molecular complexity index is 572. The molecule has 0 saturated heterocycles. The topological polar surface area (TPSA) is 59.0 Å². The highest BCUT2D eigenvalue weighted by atomic mass is 19.1. The summed E-state index contributed by atoms with van der Waals surface area (Å²) in [5.41, 5.74) is 0.489. The Hall–Kier alpha value is -2.35. The standard InChI is InChI=1S/C12H9FN2O2/c1-8-5-9(15-17-8)7-16-12-4-2-3-11(13)10(12)6-14/h2-5H,7H2,1H3. The van der Waals surface area contributed by atoms with E-state index < -0.39 is 5.82 Å². The van der Waals surface area contributed by atoms with Crippen LogP contribution in [0.2, 0.25) is 0 Å². The number of hydrogen-bond donors (Lipinski definition) is 0. The zero-order valence-corrected chi connectivity index (χ0v) is 9.11. The number of nitrogens with zero attached hydrogens (tertiary/aromatic N) is 2. The van der Waals surface area contributed by atoms with Gasteiger partial charge in [0.15, 0.2) is 0 Å². The van der Waals surface area contributed by atoms with Gasteiger partial charge >= 0.3 is 0 Å². The molecule has 0 saturated carbocycles. The molecule has 0 unspecified atom stereocenters. The number of hydrogen-bond acceptors (Lipinski definition) is 4. The Morgan fingerprint density at radius 1 is 1.53 bits per heavy atom. The predicted molar refractivity (Wildman–Crippen MR) is 56.7 cm³/mol. The van der Waals surface area contributed by atoms with E-state index in [1.165, 1.54) is 18.2 Å². The molecule has 86 valence electrons. The normalized spacial score (nSPS) is 9.94. The average molecular weight is 232 g/mol. The van der Waals surface area contributed by atoms with Crippen LogP contribution in [0.5, 0.6) is 5.75 Å². The van der Waals surface area contributed by atoms with Crippen LogP contribution in [0.15, 0.2) is 28.8 Å². The first-order valence-electron chi connectivity index (χ1n) is 4.94. The summed E-state index contributed by atoms with van der Waals surface area (Å²) in [7, 11) is 0. The third-order valence-electron chi connectivity index (χ3n) is 2.14. The van der Waals surface area contributed by atoms with E-state index in [2.05, 4.69) is 5.16 Å². The summed E-state index contributed by atoms with van der Waals surface area (Å²) in [6.07, 6.45) is 0. The monoisotopic (exact) mass is 232 g/mol. The van der Waals surface area contributed by atoms with Gasteiger partial charge in [-0.25, -0.2) is 4.39 Å². The summed E-state index contributed by atoms with van der Waals surface area (Å²) >= 11 is 0. The Balaban J connectivity index is 2.14. The van der Waals surface area contributed by atoms with Crippen LogP contribution in [0.25, 0.3) is 0 Å². The molecule has 5 heteroatoms. The van der Waals surface area contributed by atoms with Crippen LogP contribution in [-0.2, 0) is 6.61 Å². The number of benzene rings is 1. The van der Waals surface area contributed by atoms with Crippen molar-refractivity contribution >= 4 is 0 Å². The Labute approximate surface area is 97.2 Å². The first kappa shape index (κ1) is 11.1. The second-order valence-corrected chi connectivity index (χ2v) is 3.44. The molecule has 2 aromatic rings. The van der Waals surface area contributed by atoms with Crippen molar-refractivity contribution in [1.29, 1.82) is 5.26 Å². The van der Waals surface area contributed by atoms with Crippen LogP contribution >= 0.6 is 0 Å². The maximum absolute atomic E-state index is 13.2. The molecule has 17 heavy (non-hydrogen) atoms. The van der Waals surface area contributed by atoms with Crippen LogP contribution < -0.4 is 4.74 Å². The van der Waals surface area contributed by atoms with Gasteiger partial charge in [0.1, 0.15) is 41.3 Å². The summed E-state index contributed by atoms with van der Waals surface area (Å²) < 4.78 is 23.4. The van der Waals surface area contributed by atoms with Crippen LogP contribution in [0.4, 0.5) is 4.39 Å². The summed E-state index contributed by atoms with van der Waals surface area (Å²) in [6.45, 7) is 1.90. The Morgan fingerprint density at radius 2 is 2.35 bits per heavy atom. The average Bonchev–Trinajstić information content (AvgIpc) is 2.72. The van der Waals surface area contributed by atoms with E-state index in [0.717, 1.165) is 0 Å². The maximum Gasteiger partial charge on any atom is 0.144 e. The van der Waals surface area contributed by atoms with E-state index >= 15 is 0 Å². The Kier molecular flexibility index (Phi) is 3.06. The number of rotatable bonds is 3. The van der Waals surface area contributed by atoms with E-state index in [-0.39, 0.29) is 17.9 Å². The SMILES string of the molecule is Cc1cc(COc2cccc(F)c2C#N)no1. The molecule has 1 aromatic heterocycles. The van der Waals surface area contributed by atoms with Crippen molar-refractivity contribution in [3.05, 3.63) is 47.1 Å². The molecule has 0 aliphatic carbocycles. The van der Waals surface area contributed by atoms with E-state index in [1.807, 2.05) is 0 Å². The fourth-order valence-electron chi connectivity index (χ4n) is 1.37. The molecule has 1 aromatic carbocycles. The molecule has 0 aliphatic rings. The third kappa shape index (κ3) is 2.42. The van der Waals surface area contributed by atoms with E-state index in [1.54, 1.807) is 19.1 Å². The predicted octanol–water partition coefficient (Wildman–Crippen LogP) is 2.57. The number of ether oxygens (including phenoxy) is 1. The largest absolute Gasteiger partial charge is 0.486 e. The zero-order valence-electron chi connectivity index (χ0n) is 9.11. The molecule has 0 radical (unpaired) electrons. The zero-order chi connectivity index (χ0) is 12.3. The molecule has 0 N–H and O–H groups in total. The third-order valence-corrected chi connectivity index (χ3v) is 2.14. The minimum Gasteiger partial charge on any atom is -0.486 e. The molecule has 0 aliphatic heterocycles. The number of aryl methyl sites for hydroxylation is 1. The van der Waals surface area contributed by atoms with Crippen LogP contribution in [-0.4, -0.2) is 5.16 Å². The lowest BCUT2D eigenvalue weighted by Gasteiger charge is -2.05. The first-order valence-corrected chi connectivity index (χ1v) is 4.94. The quantitative estimate of drug-likeness (QED) is 0.816. The molecule has 0 bridgehead atoms. The highest BCUT2D eigenvalue weighted by Gasteiger charge is 2.09. The van der Waals surface area contributed by atoms with Gasteiger partial charge in [-0.15, -0.1) is 0 Å². The van der Waals surface area contributed by atoms with Crippen molar-refractivity contribution < 1.29 is 13.7 Å². The van der Waals surface area contributed by atoms with Crippen LogP contribution in [0, 0.1) is 24.1 Å². The number of nitriles is 1. The van der Waals surface area contributed by atoms with Gasteiger partial charge < -0.3 is 9.26 Å². The summed E-state index contributed by atoms with van der Waals surface area (Å²) in [6, 6.07) is 7.71. The van der Waals surface area contributed by atoms with Gasteiger partial charge in [-0.05, 0) is 19.1 Å². The minimum absolute atomic E-state index is 0.104. The molecule has 0 fully saturated rings. The van der Waals surface area contributed by atoms with Crippen molar-refractivity contribution in [3.63, 3.8) is 0 Å². The number of aromatic nitrogens is 1. The van der Waals surface area contributed by atoms with E-state index in [4.69, 9.17) is 14.5 Å². The van der Waals surface area contributed by atoms with Crippen molar-refractivity contribution in [2.24, 2.45) is 0 Å². The van der Waals surface area contributed by atoms with E-state index in [9.17, 15) is 4.39 Å². The fraction of sp³-hybridized carbons (Fsp3) is 0.167. The van der Waals surface area contributed by atoms with Crippen LogP contribution in [0.1, 0.15) is 17.0 Å². The first-order chi connectivity index (χ1) is 8.20. The molecule has 0 spiro atoms. The lowest BCUT2D eigenvalue weighted by Crippen LogP contribution is -1.98. The van der Waals surface area contributed by atoms with Gasteiger partial charge in [0.05, 0.1) is 0 Å². The van der Waals surface area contributed by atoms with Gasteiger partial charge in [-0.1, -0.05) is 11.2 Å². The lowest BCUT2D eigenvalue weighted by molar-refractivity contribution is 0.286. The second-order valence-electron chi connectivity index (χ2n) is 3.44. The smallest absolute Gasteiger partial charge is 0.144 e. The highest BCUT2D eigenvalue weighted by molar-refractivity contribution is 5.43. The lowest BCUT2D eigenvalue weighted by atomic mass is 10.2. The van der Waals surface area contributed by atoms with Gasteiger partial charge in [0.2, 0.25) is 0 Å². The molecule has 0 atom stereocenters. The molecule has 0 amide bonds. The minimum atomic E-state index is -0.596.